The van der Waals surface area contributed by atoms with Crippen molar-refractivity contribution in [1.29, 1.82) is 0 Å². The number of hydrogen-bond acceptors (Lipinski definition) is 5. The lowest BCUT2D eigenvalue weighted by atomic mass is 9.82. The Kier molecular flexibility index (Phi) is 5.13. The number of hydrogen-bond donors (Lipinski definition) is 0. The van der Waals surface area contributed by atoms with Crippen LogP contribution in [0.3, 0.4) is 0 Å². The zero-order valence-electron chi connectivity index (χ0n) is 15.9. The number of ether oxygens (including phenoxy) is 1. The van der Waals surface area contributed by atoms with E-state index in [4.69, 9.17) is 4.74 Å². The van der Waals surface area contributed by atoms with Crippen LogP contribution >= 0.6 is 11.8 Å². The van der Waals surface area contributed by atoms with Crippen LogP contribution in [0.15, 0.2) is 71.6 Å². The van der Waals surface area contributed by atoms with E-state index in [0.717, 1.165) is 34.9 Å². The van der Waals surface area contributed by atoms with Crippen LogP contribution in [-0.4, -0.2) is 23.5 Å². The van der Waals surface area contributed by atoms with Gasteiger partial charge in [0.25, 0.3) is 5.69 Å². The Balaban J connectivity index is 1.74. The largest absolute Gasteiger partial charge is 0.497 e. The van der Waals surface area contributed by atoms with Crippen molar-refractivity contribution < 1.29 is 9.66 Å². The van der Waals surface area contributed by atoms with Gasteiger partial charge >= 0.3 is 0 Å². The van der Waals surface area contributed by atoms with Gasteiger partial charge in [-0.3, -0.25) is 10.1 Å². The number of nitro groups is 1. The van der Waals surface area contributed by atoms with Gasteiger partial charge in [-0.2, -0.15) is 11.8 Å². The Morgan fingerprint density at radius 2 is 1.86 bits per heavy atom. The first-order chi connectivity index (χ1) is 13.6. The van der Waals surface area contributed by atoms with Crippen molar-refractivity contribution >= 4 is 23.1 Å². The number of anilines is 1. The standard InChI is InChI=1S/C22H22N2O3S/c1-15-13-23(17-7-9-19(27-2)10-8-17)21-11-12-28-14-20(21)22(15)16-3-5-18(6-4-16)24(25)26/h3-10,13,22H,11-12,14H2,1-2H3/t22-/m1/s1. The molecule has 0 radical (unpaired) electrons. The van der Waals surface area contributed by atoms with Gasteiger partial charge in [-0.25, -0.2) is 0 Å². The van der Waals surface area contributed by atoms with Crippen molar-refractivity contribution in [3.8, 4) is 5.75 Å². The van der Waals surface area contributed by atoms with Crippen molar-refractivity contribution in [1.82, 2.24) is 0 Å². The molecule has 2 heterocycles. The molecule has 1 atom stereocenters. The van der Waals surface area contributed by atoms with Gasteiger partial charge in [0.2, 0.25) is 0 Å². The Labute approximate surface area is 168 Å². The highest BCUT2D eigenvalue weighted by molar-refractivity contribution is 7.99. The highest BCUT2D eigenvalue weighted by Gasteiger charge is 2.31. The molecule has 144 valence electrons. The minimum Gasteiger partial charge on any atom is -0.497 e. The van der Waals surface area contributed by atoms with Crippen LogP contribution < -0.4 is 9.64 Å². The fraction of sp³-hybridized carbons (Fsp3) is 0.273. The quantitative estimate of drug-likeness (QED) is 0.506. The first-order valence-corrected chi connectivity index (χ1v) is 10.4. The maximum Gasteiger partial charge on any atom is 0.269 e. The van der Waals surface area contributed by atoms with E-state index in [1.165, 1.54) is 16.8 Å². The molecule has 2 aromatic carbocycles. The van der Waals surface area contributed by atoms with Gasteiger partial charge in [-0.05, 0) is 60.1 Å². The Bertz CT molecular complexity index is 949. The average Bonchev–Trinajstić information content (AvgIpc) is 2.73. The highest BCUT2D eigenvalue weighted by Crippen LogP contribution is 2.45. The second-order valence-corrected chi connectivity index (χ2v) is 8.10. The van der Waals surface area contributed by atoms with E-state index in [1.54, 1.807) is 19.2 Å². The summed E-state index contributed by atoms with van der Waals surface area (Å²) >= 11 is 1.95. The summed E-state index contributed by atoms with van der Waals surface area (Å²) in [5, 5.41) is 11.0. The van der Waals surface area contributed by atoms with Gasteiger partial charge in [0, 0.05) is 41.4 Å². The first-order valence-electron chi connectivity index (χ1n) is 9.24. The molecular formula is C22H22N2O3S. The molecule has 0 fully saturated rings. The van der Waals surface area contributed by atoms with E-state index < -0.39 is 0 Å². The Morgan fingerprint density at radius 3 is 2.50 bits per heavy atom. The number of nitrogens with zero attached hydrogens (tertiary/aromatic N) is 2. The SMILES string of the molecule is COc1ccc(N2C=C(C)[C@H](c3ccc([N+](=O)[O-])cc3)C3=C2CCSC3)cc1. The third kappa shape index (κ3) is 3.40. The second-order valence-electron chi connectivity index (χ2n) is 7.00. The van der Waals surface area contributed by atoms with Crippen LogP contribution in [0, 0.1) is 10.1 Å². The third-order valence-corrected chi connectivity index (χ3v) is 6.33. The van der Waals surface area contributed by atoms with Crippen molar-refractivity contribution in [2.24, 2.45) is 0 Å². The molecule has 0 amide bonds. The minimum atomic E-state index is -0.347. The zero-order chi connectivity index (χ0) is 19.7. The van der Waals surface area contributed by atoms with Gasteiger partial charge in [0.15, 0.2) is 0 Å². The average molecular weight is 394 g/mol. The molecule has 0 unspecified atom stereocenters. The summed E-state index contributed by atoms with van der Waals surface area (Å²) in [6.07, 6.45) is 3.22. The lowest BCUT2D eigenvalue weighted by Crippen LogP contribution is -2.29. The van der Waals surface area contributed by atoms with E-state index in [-0.39, 0.29) is 16.5 Å². The van der Waals surface area contributed by atoms with Gasteiger partial charge < -0.3 is 9.64 Å². The van der Waals surface area contributed by atoms with E-state index in [2.05, 4.69) is 30.2 Å². The topological polar surface area (TPSA) is 55.6 Å². The summed E-state index contributed by atoms with van der Waals surface area (Å²) in [6.45, 7) is 2.14. The molecule has 2 aromatic rings. The van der Waals surface area contributed by atoms with E-state index in [9.17, 15) is 10.1 Å². The molecule has 0 bridgehead atoms. The number of non-ortho nitro benzene ring substituents is 1. The molecule has 0 aliphatic carbocycles. The van der Waals surface area contributed by atoms with Gasteiger partial charge in [0.05, 0.1) is 12.0 Å². The molecule has 2 aliphatic heterocycles. The third-order valence-electron chi connectivity index (χ3n) is 5.33. The molecule has 0 spiro atoms. The van der Waals surface area contributed by atoms with Crippen LogP contribution in [0.1, 0.15) is 24.8 Å². The Hall–Kier alpha value is -2.73. The molecule has 0 aromatic heterocycles. The van der Waals surface area contributed by atoms with Crippen LogP contribution in [0.4, 0.5) is 11.4 Å². The van der Waals surface area contributed by atoms with Crippen LogP contribution in [0.5, 0.6) is 5.75 Å². The van der Waals surface area contributed by atoms with Gasteiger partial charge in [-0.15, -0.1) is 0 Å². The molecule has 4 rings (SSSR count). The van der Waals surface area contributed by atoms with Crippen LogP contribution in [-0.2, 0) is 0 Å². The number of rotatable bonds is 4. The molecule has 6 heteroatoms. The smallest absolute Gasteiger partial charge is 0.269 e. The van der Waals surface area contributed by atoms with Crippen LogP contribution in [0.2, 0.25) is 0 Å². The minimum absolute atomic E-state index is 0.133. The van der Waals surface area contributed by atoms with Crippen molar-refractivity contribution in [2.45, 2.75) is 19.3 Å². The van der Waals surface area contributed by atoms with Gasteiger partial charge in [-0.1, -0.05) is 12.1 Å². The fourth-order valence-electron chi connectivity index (χ4n) is 3.98. The molecular weight excluding hydrogens is 372 g/mol. The van der Waals surface area contributed by atoms with E-state index >= 15 is 0 Å². The lowest BCUT2D eigenvalue weighted by molar-refractivity contribution is -0.384. The molecule has 28 heavy (non-hydrogen) atoms. The van der Waals surface area contributed by atoms with E-state index in [0.29, 0.717) is 0 Å². The molecule has 0 saturated heterocycles. The molecule has 5 nitrogen and oxygen atoms in total. The summed E-state index contributed by atoms with van der Waals surface area (Å²) in [5.74, 6) is 3.11. The van der Waals surface area contributed by atoms with Crippen molar-refractivity contribution in [3.63, 3.8) is 0 Å². The molecule has 0 saturated carbocycles. The number of methoxy groups -OCH3 is 1. The fourth-order valence-corrected chi connectivity index (χ4v) is 5.01. The normalized spacial score (nSPS) is 19.1. The predicted molar refractivity (Wildman–Crippen MR) is 114 cm³/mol. The number of allylic oxidation sites excluding steroid dienone is 2. The maximum absolute atomic E-state index is 11.0. The summed E-state index contributed by atoms with van der Waals surface area (Å²) in [4.78, 5) is 12.9. The zero-order valence-corrected chi connectivity index (χ0v) is 16.7. The predicted octanol–water partition coefficient (Wildman–Crippen LogP) is 5.50. The maximum atomic E-state index is 11.0. The van der Waals surface area contributed by atoms with Crippen LogP contribution in [0.25, 0.3) is 0 Å². The molecule has 2 aliphatic rings. The number of benzene rings is 2. The monoisotopic (exact) mass is 394 g/mol. The number of thioether (sulfide) groups is 1. The first kappa shape index (κ1) is 18.6. The summed E-state index contributed by atoms with van der Waals surface area (Å²) in [6, 6.07) is 15.1. The number of nitro benzene ring substituents is 1. The lowest BCUT2D eigenvalue weighted by Gasteiger charge is -2.38. The summed E-state index contributed by atoms with van der Waals surface area (Å²) in [7, 11) is 1.67. The molecule has 0 N–H and O–H groups in total. The second kappa shape index (κ2) is 7.72. The van der Waals surface area contributed by atoms with Gasteiger partial charge in [0.1, 0.15) is 5.75 Å². The highest BCUT2D eigenvalue weighted by atomic mass is 32.2. The van der Waals surface area contributed by atoms with Crippen molar-refractivity contribution in [3.05, 3.63) is 87.3 Å². The summed E-state index contributed by atoms with van der Waals surface area (Å²) in [5.41, 5.74) is 6.36. The Morgan fingerprint density at radius 1 is 1.14 bits per heavy atom. The van der Waals surface area contributed by atoms with Crippen molar-refractivity contribution in [2.75, 3.05) is 23.5 Å². The van der Waals surface area contributed by atoms with E-state index in [1.807, 2.05) is 36.0 Å². The summed E-state index contributed by atoms with van der Waals surface area (Å²) < 4.78 is 5.29.